The lowest BCUT2D eigenvalue weighted by molar-refractivity contribution is -0.120. The molecule has 0 saturated carbocycles. The molecule has 2 atom stereocenters. The van der Waals surface area contributed by atoms with Gasteiger partial charge in [0.15, 0.2) is 0 Å². The van der Waals surface area contributed by atoms with Gasteiger partial charge >= 0.3 is 0 Å². The molecule has 122 valence electrons. The van der Waals surface area contributed by atoms with Crippen LogP contribution >= 0.6 is 0 Å². The summed E-state index contributed by atoms with van der Waals surface area (Å²) >= 11 is 0. The van der Waals surface area contributed by atoms with Crippen molar-refractivity contribution in [1.82, 2.24) is 0 Å². The summed E-state index contributed by atoms with van der Waals surface area (Å²) in [5.41, 5.74) is 2.25. The van der Waals surface area contributed by atoms with E-state index >= 15 is 0 Å². The average Bonchev–Trinajstić information content (AvgIpc) is 2.55. The zero-order chi connectivity index (χ0) is 16.9. The number of carbonyl (C=O) groups excluding carboxylic acids is 1. The lowest BCUT2D eigenvalue weighted by atomic mass is 9.90. The Morgan fingerprint density at radius 1 is 0.957 bits per heavy atom. The number of rotatable bonds is 7. The number of methoxy groups -OCH3 is 1. The van der Waals surface area contributed by atoms with E-state index < -0.39 is 8.07 Å². The van der Waals surface area contributed by atoms with Gasteiger partial charge in [-0.15, -0.1) is 0 Å². The first-order valence-electron chi connectivity index (χ1n) is 8.09. The molecule has 0 radical (unpaired) electrons. The van der Waals surface area contributed by atoms with Crippen molar-refractivity contribution in [3.05, 3.63) is 71.8 Å². The van der Waals surface area contributed by atoms with Crippen molar-refractivity contribution in [2.24, 2.45) is 5.92 Å². The van der Waals surface area contributed by atoms with E-state index in [1.165, 1.54) is 5.56 Å². The summed E-state index contributed by atoms with van der Waals surface area (Å²) in [6, 6.07) is 20.3. The smallest absolute Gasteiger partial charge is 0.124 e. The van der Waals surface area contributed by atoms with Gasteiger partial charge < -0.3 is 9.53 Å². The molecule has 2 aromatic rings. The second kappa shape index (κ2) is 7.71. The quantitative estimate of drug-likeness (QED) is 0.691. The van der Waals surface area contributed by atoms with Gasteiger partial charge in [-0.3, -0.25) is 0 Å². The first-order valence-corrected chi connectivity index (χ1v) is 11.6. The van der Waals surface area contributed by atoms with E-state index in [4.69, 9.17) is 4.74 Å². The fraction of sp³-hybridized carbons (Fsp3) is 0.350. The van der Waals surface area contributed by atoms with Gasteiger partial charge in [0, 0.05) is 13.0 Å². The Hall–Kier alpha value is -1.71. The second-order valence-electron chi connectivity index (χ2n) is 6.98. The Bertz CT molecular complexity index is 617. The number of benzene rings is 2. The molecule has 0 bridgehead atoms. The van der Waals surface area contributed by atoms with Crippen molar-refractivity contribution in [1.29, 1.82) is 0 Å². The SMILES string of the molecule is CO[C@@H](c1ccccc1)[C@H](Cc1ccccc1)C(=O)[Si](C)(C)C. The summed E-state index contributed by atoms with van der Waals surface area (Å²) < 4.78 is 5.79. The van der Waals surface area contributed by atoms with Gasteiger partial charge in [0.05, 0.1) is 6.10 Å². The predicted octanol–water partition coefficient (Wildman–Crippen LogP) is 4.68. The van der Waals surface area contributed by atoms with Crippen LogP contribution in [-0.2, 0) is 16.0 Å². The van der Waals surface area contributed by atoms with Gasteiger partial charge in [0.25, 0.3) is 0 Å². The maximum absolute atomic E-state index is 13.1. The Kier molecular flexibility index (Phi) is 5.91. The summed E-state index contributed by atoms with van der Waals surface area (Å²) in [4.78, 5) is 13.1. The molecule has 0 N–H and O–H groups in total. The second-order valence-corrected chi connectivity index (χ2v) is 12.0. The van der Waals surface area contributed by atoms with Crippen LogP contribution in [0.4, 0.5) is 0 Å². The van der Waals surface area contributed by atoms with Gasteiger partial charge in [-0.1, -0.05) is 80.3 Å². The standard InChI is InChI=1S/C20H26O2Si/c1-22-19(17-13-9-6-10-14-17)18(20(21)23(2,3)4)15-16-11-7-5-8-12-16/h5-14,18-19H,15H2,1-4H3/t18-,19-/m0/s1. The number of hydrogen-bond donors (Lipinski definition) is 0. The van der Waals surface area contributed by atoms with E-state index in [1.807, 2.05) is 48.5 Å². The Labute approximate surface area is 140 Å². The van der Waals surface area contributed by atoms with E-state index in [0.29, 0.717) is 5.41 Å². The van der Waals surface area contributed by atoms with Gasteiger partial charge in [0.1, 0.15) is 13.5 Å². The highest BCUT2D eigenvalue weighted by Crippen LogP contribution is 2.31. The molecule has 0 fully saturated rings. The summed E-state index contributed by atoms with van der Waals surface area (Å²) in [7, 11) is -0.207. The van der Waals surface area contributed by atoms with Crippen LogP contribution in [0.15, 0.2) is 60.7 Å². The van der Waals surface area contributed by atoms with Crippen LogP contribution in [-0.4, -0.2) is 20.6 Å². The minimum absolute atomic E-state index is 0.142. The number of hydrogen-bond acceptors (Lipinski definition) is 2. The van der Waals surface area contributed by atoms with E-state index in [2.05, 4.69) is 31.8 Å². The van der Waals surface area contributed by atoms with Crippen LogP contribution in [0.1, 0.15) is 17.2 Å². The van der Waals surface area contributed by atoms with Gasteiger partial charge in [-0.25, -0.2) is 0 Å². The Morgan fingerprint density at radius 2 is 1.48 bits per heavy atom. The monoisotopic (exact) mass is 326 g/mol. The van der Waals surface area contributed by atoms with E-state index in [0.717, 1.165) is 12.0 Å². The van der Waals surface area contributed by atoms with Crippen LogP contribution in [0.3, 0.4) is 0 Å². The van der Waals surface area contributed by atoms with Crippen LogP contribution < -0.4 is 0 Å². The molecule has 2 rings (SSSR count). The number of ether oxygens (including phenoxy) is 1. The molecule has 2 nitrogen and oxygen atoms in total. The van der Waals surface area contributed by atoms with Crippen molar-refractivity contribution in [3.8, 4) is 0 Å². The normalized spacial score (nSPS) is 14.3. The highest BCUT2D eigenvalue weighted by atomic mass is 28.3. The van der Waals surface area contributed by atoms with Crippen molar-refractivity contribution >= 4 is 13.5 Å². The van der Waals surface area contributed by atoms with Gasteiger partial charge in [0.2, 0.25) is 0 Å². The molecule has 2 aromatic carbocycles. The van der Waals surface area contributed by atoms with Crippen molar-refractivity contribution in [3.63, 3.8) is 0 Å². The highest BCUT2D eigenvalue weighted by molar-refractivity contribution is 7.03. The van der Waals surface area contributed by atoms with Gasteiger partial charge in [-0.05, 0) is 17.5 Å². The van der Waals surface area contributed by atoms with Gasteiger partial charge in [-0.2, -0.15) is 0 Å². The van der Waals surface area contributed by atoms with Crippen LogP contribution in [0.5, 0.6) is 0 Å². The third kappa shape index (κ3) is 4.63. The molecule has 0 aliphatic heterocycles. The molecule has 0 aliphatic carbocycles. The van der Waals surface area contributed by atoms with Crippen molar-refractivity contribution in [2.75, 3.05) is 7.11 Å². The molecule has 0 aromatic heterocycles. The van der Waals surface area contributed by atoms with Crippen LogP contribution in [0.25, 0.3) is 0 Å². The van der Waals surface area contributed by atoms with Crippen molar-refractivity contribution in [2.45, 2.75) is 32.2 Å². The third-order valence-electron chi connectivity index (χ3n) is 4.12. The number of carbonyl (C=O) groups is 1. The van der Waals surface area contributed by atoms with Crippen molar-refractivity contribution < 1.29 is 9.53 Å². The van der Waals surface area contributed by atoms with E-state index in [-0.39, 0.29) is 12.0 Å². The Morgan fingerprint density at radius 3 is 1.96 bits per heavy atom. The van der Waals surface area contributed by atoms with E-state index in [9.17, 15) is 4.79 Å². The Balaban J connectivity index is 2.37. The summed E-state index contributed by atoms with van der Waals surface area (Å²) in [5, 5.41) is 0.372. The first kappa shape index (κ1) is 17.6. The summed E-state index contributed by atoms with van der Waals surface area (Å²) in [6.45, 7) is 6.35. The maximum atomic E-state index is 13.1. The molecule has 3 heteroatoms. The molecular weight excluding hydrogens is 300 g/mol. The molecule has 0 saturated heterocycles. The fourth-order valence-corrected chi connectivity index (χ4v) is 4.30. The molecule has 0 amide bonds. The zero-order valence-electron chi connectivity index (χ0n) is 14.5. The molecule has 0 spiro atoms. The molecule has 0 unspecified atom stereocenters. The van der Waals surface area contributed by atoms with Crippen LogP contribution in [0, 0.1) is 5.92 Å². The minimum atomic E-state index is -1.91. The third-order valence-corrected chi connectivity index (χ3v) is 5.97. The largest absolute Gasteiger partial charge is 0.376 e. The summed E-state index contributed by atoms with van der Waals surface area (Å²) in [6.07, 6.45) is 0.521. The molecule has 23 heavy (non-hydrogen) atoms. The lowest BCUT2D eigenvalue weighted by Gasteiger charge is -2.30. The fourth-order valence-electron chi connectivity index (χ4n) is 2.94. The minimum Gasteiger partial charge on any atom is -0.376 e. The average molecular weight is 327 g/mol. The molecular formula is C20H26O2Si. The highest BCUT2D eigenvalue weighted by Gasteiger charge is 2.37. The topological polar surface area (TPSA) is 26.3 Å². The zero-order valence-corrected chi connectivity index (χ0v) is 15.5. The molecule has 0 heterocycles. The van der Waals surface area contributed by atoms with E-state index in [1.54, 1.807) is 7.11 Å². The predicted molar refractivity (Wildman–Crippen MR) is 98.2 cm³/mol. The lowest BCUT2D eigenvalue weighted by Crippen LogP contribution is -2.42. The molecule has 0 aliphatic rings. The maximum Gasteiger partial charge on any atom is 0.124 e. The van der Waals surface area contributed by atoms with Crippen LogP contribution in [0.2, 0.25) is 19.6 Å². The summed E-state index contributed by atoms with van der Waals surface area (Å²) in [5.74, 6) is -0.142. The first-order chi connectivity index (χ1) is 10.9.